The zero-order valence-corrected chi connectivity index (χ0v) is 15.3. The molecule has 0 radical (unpaired) electrons. The third-order valence-electron chi connectivity index (χ3n) is 4.58. The van der Waals surface area contributed by atoms with Crippen molar-refractivity contribution in [1.29, 1.82) is 0 Å². The van der Waals surface area contributed by atoms with Crippen molar-refractivity contribution in [2.75, 3.05) is 5.32 Å². The van der Waals surface area contributed by atoms with Crippen molar-refractivity contribution in [3.8, 4) is 0 Å². The Bertz CT molecular complexity index is 905. The highest BCUT2D eigenvalue weighted by atomic mass is 32.2. The minimum atomic E-state index is -0.165. The van der Waals surface area contributed by atoms with Crippen LogP contribution in [0, 0.1) is 5.92 Å². The number of nitrogens with one attached hydrogen (secondary N) is 1. The normalized spacial score (nSPS) is 14.8. The topological polar surface area (TPSA) is 59.8 Å². The van der Waals surface area contributed by atoms with Crippen molar-refractivity contribution in [2.45, 2.75) is 35.7 Å². The van der Waals surface area contributed by atoms with E-state index >= 15 is 0 Å². The number of hydrogen-bond acceptors (Lipinski definition) is 4. The lowest BCUT2D eigenvalue weighted by molar-refractivity contribution is 0.102. The summed E-state index contributed by atoms with van der Waals surface area (Å²) < 4.78 is 1.91. The van der Waals surface area contributed by atoms with Crippen LogP contribution in [0.1, 0.15) is 36.2 Å². The fraction of sp³-hybridized carbons (Fsp3) is 0.250. The van der Waals surface area contributed by atoms with E-state index in [0.29, 0.717) is 22.5 Å². The first-order chi connectivity index (χ1) is 12.7. The summed E-state index contributed by atoms with van der Waals surface area (Å²) in [4.78, 5) is 18.3. The van der Waals surface area contributed by atoms with Gasteiger partial charge in [-0.25, -0.2) is 9.67 Å². The average molecular weight is 364 g/mol. The Morgan fingerprint density at radius 1 is 1.15 bits per heavy atom. The van der Waals surface area contributed by atoms with Crippen LogP contribution in [-0.4, -0.2) is 20.7 Å². The van der Waals surface area contributed by atoms with Crippen LogP contribution < -0.4 is 5.32 Å². The summed E-state index contributed by atoms with van der Waals surface area (Å²) in [6.45, 7) is 2.15. The molecular weight excluding hydrogens is 344 g/mol. The maximum absolute atomic E-state index is 12.9. The highest BCUT2D eigenvalue weighted by molar-refractivity contribution is 7.99. The van der Waals surface area contributed by atoms with Crippen molar-refractivity contribution in [3.05, 3.63) is 66.5 Å². The fourth-order valence-electron chi connectivity index (χ4n) is 2.94. The maximum atomic E-state index is 12.9. The third-order valence-corrected chi connectivity index (χ3v) is 5.60. The fourth-order valence-corrected chi connectivity index (χ4v) is 3.85. The molecule has 0 spiro atoms. The zero-order chi connectivity index (χ0) is 17.9. The Labute approximate surface area is 156 Å². The lowest BCUT2D eigenvalue weighted by Gasteiger charge is -2.16. The molecule has 1 fully saturated rings. The van der Waals surface area contributed by atoms with E-state index in [1.54, 1.807) is 24.5 Å². The summed E-state index contributed by atoms with van der Waals surface area (Å²) in [5, 5.41) is 8.09. The number of aromatic nitrogens is 3. The van der Waals surface area contributed by atoms with E-state index in [2.05, 4.69) is 22.3 Å². The molecule has 1 saturated carbocycles. The molecule has 2 aromatic heterocycles. The van der Waals surface area contributed by atoms with Crippen LogP contribution in [0.4, 0.5) is 5.82 Å². The number of carbonyl (C=O) groups excluding carboxylic acids is 1. The monoisotopic (exact) mass is 364 g/mol. The van der Waals surface area contributed by atoms with Crippen LogP contribution in [0.15, 0.2) is 70.8 Å². The zero-order valence-electron chi connectivity index (χ0n) is 14.5. The highest BCUT2D eigenvalue weighted by Gasteiger charge is 2.31. The molecule has 1 aromatic carbocycles. The Balaban J connectivity index is 1.55. The second-order valence-electron chi connectivity index (χ2n) is 6.46. The van der Waals surface area contributed by atoms with Gasteiger partial charge in [-0.1, -0.05) is 30.0 Å². The summed E-state index contributed by atoms with van der Waals surface area (Å²) in [6.07, 6.45) is 5.91. The third kappa shape index (κ3) is 3.65. The average Bonchev–Trinajstić information content (AvgIpc) is 3.42. The number of nitrogens with zero attached hydrogens (tertiary/aromatic N) is 3. The number of hydrogen-bond donors (Lipinski definition) is 1. The Hall–Kier alpha value is -2.60. The quantitative estimate of drug-likeness (QED) is 0.691. The number of rotatable bonds is 6. The van der Waals surface area contributed by atoms with Gasteiger partial charge in [-0.05, 0) is 49.9 Å². The van der Waals surface area contributed by atoms with Gasteiger partial charge in [-0.15, -0.1) is 0 Å². The van der Waals surface area contributed by atoms with E-state index in [1.165, 1.54) is 24.6 Å². The van der Waals surface area contributed by atoms with Crippen LogP contribution in [0.25, 0.3) is 0 Å². The van der Waals surface area contributed by atoms with Gasteiger partial charge in [0.15, 0.2) is 0 Å². The summed E-state index contributed by atoms with van der Waals surface area (Å²) in [7, 11) is 0. The molecule has 1 atom stereocenters. The summed E-state index contributed by atoms with van der Waals surface area (Å²) in [5.74, 6) is 1.23. The number of pyridine rings is 1. The molecule has 5 nitrogen and oxygen atoms in total. The maximum Gasteiger partial charge on any atom is 0.259 e. The molecule has 1 aliphatic rings. The summed E-state index contributed by atoms with van der Waals surface area (Å²) in [6, 6.07) is 15.7. The summed E-state index contributed by atoms with van der Waals surface area (Å²) in [5.41, 5.74) is 0.563. The van der Waals surface area contributed by atoms with Gasteiger partial charge in [0.25, 0.3) is 5.91 Å². The largest absolute Gasteiger partial charge is 0.307 e. The molecule has 6 heteroatoms. The van der Waals surface area contributed by atoms with Crippen molar-refractivity contribution < 1.29 is 4.79 Å². The summed E-state index contributed by atoms with van der Waals surface area (Å²) >= 11 is 1.49. The Morgan fingerprint density at radius 3 is 2.73 bits per heavy atom. The first-order valence-electron chi connectivity index (χ1n) is 8.75. The van der Waals surface area contributed by atoms with E-state index in [0.717, 1.165) is 10.7 Å². The minimum absolute atomic E-state index is 0.165. The number of benzene rings is 1. The Kier molecular flexibility index (Phi) is 4.75. The molecule has 0 saturated heterocycles. The highest BCUT2D eigenvalue weighted by Crippen LogP contribution is 2.40. The second-order valence-corrected chi connectivity index (χ2v) is 7.53. The smallest absolute Gasteiger partial charge is 0.259 e. The molecule has 132 valence electrons. The minimum Gasteiger partial charge on any atom is -0.307 e. The lowest BCUT2D eigenvalue weighted by atomic mass is 10.2. The number of anilines is 1. The van der Waals surface area contributed by atoms with Crippen molar-refractivity contribution >= 4 is 23.5 Å². The van der Waals surface area contributed by atoms with Crippen LogP contribution in [0.2, 0.25) is 0 Å². The molecule has 26 heavy (non-hydrogen) atoms. The van der Waals surface area contributed by atoms with Gasteiger partial charge in [0.1, 0.15) is 10.8 Å². The molecule has 3 aromatic rings. The lowest BCUT2D eigenvalue weighted by Crippen LogP contribution is -2.19. The molecule has 4 rings (SSSR count). The van der Waals surface area contributed by atoms with Gasteiger partial charge in [0.2, 0.25) is 0 Å². The van der Waals surface area contributed by atoms with Crippen molar-refractivity contribution in [2.24, 2.45) is 5.92 Å². The van der Waals surface area contributed by atoms with Crippen LogP contribution >= 0.6 is 11.8 Å². The van der Waals surface area contributed by atoms with Gasteiger partial charge in [0.05, 0.1) is 17.8 Å². The first kappa shape index (κ1) is 16.8. The van der Waals surface area contributed by atoms with Gasteiger partial charge in [0, 0.05) is 17.2 Å². The second kappa shape index (κ2) is 7.33. The Morgan fingerprint density at radius 2 is 1.96 bits per heavy atom. The van der Waals surface area contributed by atoms with Crippen molar-refractivity contribution in [3.63, 3.8) is 0 Å². The van der Waals surface area contributed by atoms with Crippen LogP contribution in [-0.2, 0) is 0 Å². The van der Waals surface area contributed by atoms with Crippen molar-refractivity contribution in [1.82, 2.24) is 14.8 Å². The van der Waals surface area contributed by atoms with E-state index in [-0.39, 0.29) is 5.91 Å². The predicted molar refractivity (Wildman–Crippen MR) is 102 cm³/mol. The SMILES string of the molecule is C[C@H](C1CC1)n1nccc1NC(=O)c1cccnc1Sc1ccccc1. The van der Waals surface area contributed by atoms with E-state index in [1.807, 2.05) is 41.1 Å². The molecule has 2 heterocycles. The van der Waals surface area contributed by atoms with Crippen LogP contribution in [0.3, 0.4) is 0 Å². The molecule has 0 aliphatic heterocycles. The number of amides is 1. The van der Waals surface area contributed by atoms with Gasteiger partial charge in [-0.3, -0.25) is 4.79 Å². The van der Waals surface area contributed by atoms with E-state index in [9.17, 15) is 4.79 Å². The van der Waals surface area contributed by atoms with Gasteiger partial charge in [-0.2, -0.15) is 5.10 Å². The molecule has 1 N–H and O–H groups in total. The molecule has 1 aliphatic carbocycles. The first-order valence-corrected chi connectivity index (χ1v) is 9.57. The van der Waals surface area contributed by atoms with Gasteiger partial charge >= 0.3 is 0 Å². The number of carbonyl (C=O) groups is 1. The molecule has 1 amide bonds. The van der Waals surface area contributed by atoms with Gasteiger partial charge < -0.3 is 5.32 Å². The van der Waals surface area contributed by atoms with Crippen LogP contribution in [0.5, 0.6) is 0 Å². The molecule has 0 unspecified atom stereocenters. The standard InChI is InChI=1S/C20H20N4OS/c1-14(15-9-10-15)24-18(11-13-22-24)23-19(25)17-8-5-12-21-20(17)26-16-6-3-2-4-7-16/h2-8,11-15H,9-10H2,1H3,(H,23,25)/t14-/m1/s1. The predicted octanol–water partition coefficient (Wildman–Crippen LogP) is 4.65. The molecule has 0 bridgehead atoms. The van der Waals surface area contributed by atoms with E-state index < -0.39 is 0 Å². The van der Waals surface area contributed by atoms with E-state index in [4.69, 9.17) is 0 Å². The molecular formula is C20H20N4OS.